The second-order valence-electron chi connectivity index (χ2n) is 3.06. The number of nitrogens with one attached hydrogen (secondary N) is 1. The van der Waals surface area contributed by atoms with Crippen LogP contribution in [-0.2, 0) is 4.79 Å². The van der Waals surface area contributed by atoms with Crippen LogP contribution in [-0.4, -0.2) is 30.1 Å². The van der Waals surface area contributed by atoms with Crippen molar-refractivity contribution in [2.24, 2.45) is 0 Å². The number of carbonyl (C=O) groups excluding carboxylic acids is 1. The van der Waals surface area contributed by atoms with Crippen molar-refractivity contribution in [2.45, 2.75) is 6.92 Å². The molecule has 0 saturated heterocycles. The Hall–Kier alpha value is -1.59. The van der Waals surface area contributed by atoms with Gasteiger partial charge < -0.3 is 15.2 Å². The molecule has 94 valence electrons. The SMILES string of the molecule is CCNCC(=O)Oc1ccccc1C(=O)O.Cl. The topological polar surface area (TPSA) is 75.6 Å². The van der Waals surface area contributed by atoms with Crippen LogP contribution in [0, 0.1) is 0 Å². The molecule has 0 amide bonds. The monoisotopic (exact) mass is 259 g/mol. The summed E-state index contributed by atoms with van der Waals surface area (Å²) in [5.41, 5.74) is -0.0210. The van der Waals surface area contributed by atoms with Crippen molar-refractivity contribution >= 4 is 24.3 Å². The van der Waals surface area contributed by atoms with E-state index >= 15 is 0 Å². The molecule has 2 N–H and O–H groups in total. The third kappa shape index (κ3) is 4.84. The summed E-state index contributed by atoms with van der Waals surface area (Å²) in [5.74, 6) is -1.56. The van der Waals surface area contributed by atoms with Crippen LogP contribution in [0.2, 0.25) is 0 Å². The molecule has 0 atom stereocenters. The summed E-state index contributed by atoms with van der Waals surface area (Å²) in [5, 5.41) is 11.6. The number of carboxylic acids is 1. The van der Waals surface area contributed by atoms with Gasteiger partial charge in [0, 0.05) is 0 Å². The molecule has 1 aromatic carbocycles. The first-order valence-corrected chi connectivity index (χ1v) is 4.89. The van der Waals surface area contributed by atoms with Crippen LogP contribution in [0.25, 0.3) is 0 Å². The Kier molecular flexibility index (Phi) is 6.93. The molecule has 0 spiro atoms. The Labute approximate surface area is 105 Å². The zero-order chi connectivity index (χ0) is 12.0. The van der Waals surface area contributed by atoms with Crippen LogP contribution in [0.1, 0.15) is 17.3 Å². The van der Waals surface area contributed by atoms with E-state index in [1.807, 2.05) is 6.92 Å². The highest BCUT2D eigenvalue weighted by Crippen LogP contribution is 2.17. The number of likely N-dealkylation sites (N-methyl/N-ethyl adjacent to an activating group) is 1. The van der Waals surface area contributed by atoms with Gasteiger partial charge in [0.25, 0.3) is 0 Å². The van der Waals surface area contributed by atoms with Gasteiger partial charge in [-0.3, -0.25) is 4.79 Å². The van der Waals surface area contributed by atoms with Gasteiger partial charge in [-0.1, -0.05) is 19.1 Å². The molecule has 0 heterocycles. The second-order valence-corrected chi connectivity index (χ2v) is 3.06. The van der Waals surface area contributed by atoms with Gasteiger partial charge in [-0.05, 0) is 18.7 Å². The van der Waals surface area contributed by atoms with Crippen LogP contribution < -0.4 is 10.1 Å². The number of rotatable bonds is 5. The Morgan fingerprint density at radius 1 is 1.35 bits per heavy atom. The molecule has 0 aliphatic carbocycles. The van der Waals surface area contributed by atoms with Crippen LogP contribution in [0.15, 0.2) is 24.3 Å². The van der Waals surface area contributed by atoms with Crippen molar-refractivity contribution in [1.29, 1.82) is 0 Å². The molecule has 0 radical (unpaired) electrons. The molecule has 0 aliphatic heterocycles. The van der Waals surface area contributed by atoms with Crippen LogP contribution >= 0.6 is 12.4 Å². The number of carboxylic acid groups (broad SMARTS) is 1. The van der Waals surface area contributed by atoms with E-state index in [1.54, 1.807) is 12.1 Å². The van der Waals surface area contributed by atoms with Gasteiger partial charge in [0.1, 0.15) is 11.3 Å². The van der Waals surface area contributed by atoms with Crippen molar-refractivity contribution < 1.29 is 19.4 Å². The zero-order valence-corrected chi connectivity index (χ0v) is 10.1. The summed E-state index contributed by atoms with van der Waals surface area (Å²) in [4.78, 5) is 22.1. The normalized spacial score (nSPS) is 9.24. The van der Waals surface area contributed by atoms with Gasteiger partial charge in [-0.2, -0.15) is 0 Å². The molecule has 0 fully saturated rings. The number of hydrogen-bond acceptors (Lipinski definition) is 4. The number of halogens is 1. The maximum Gasteiger partial charge on any atom is 0.339 e. The van der Waals surface area contributed by atoms with Crippen molar-refractivity contribution in [1.82, 2.24) is 5.32 Å². The average Bonchev–Trinajstić information content (AvgIpc) is 2.27. The summed E-state index contributed by atoms with van der Waals surface area (Å²) < 4.78 is 4.93. The molecule has 17 heavy (non-hydrogen) atoms. The van der Waals surface area contributed by atoms with E-state index in [-0.39, 0.29) is 30.3 Å². The van der Waals surface area contributed by atoms with Gasteiger partial charge in [0.05, 0.1) is 6.54 Å². The number of esters is 1. The fourth-order valence-electron chi connectivity index (χ4n) is 1.12. The Bertz CT molecular complexity index is 395. The summed E-state index contributed by atoms with van der Waals surface area (Å²) in [7, 11) is 0. The van der Waals surface area contributed by atoms with E-state index in [0.29, 0.717) is 6.54 Å². The quantitative estimate of drug-likeness (QED) is 0.616. The number of carbonyl (C=O) groups is 2. The van der Waals surface area contributed by atoms with E-state index in [1.165, 1.54) is 12.1 Å². The number of ether oxygens (including phenoxy) is 1. The van der Waals surface area contributed by atoms with E-state index in [2.05, 4.69) is 5.32 Å². The lowest BCUT2D eigenvalue weighted by Gasteiger charge is -2.06. The third-order valence-electron chi connectivity index (χ3n) is 1.86. The van der Waals surface area contributed by atoms with Crippen molar-refractivity contribution in [3.63, 3.8) is 0 Å². The van der Waals surface area contributed by atoms with Crippen molar-refractivity contribution in [2.75, 3.05) is 13.1 Å². The summed E-state index contributed by atoms with van der Waals surface area (Å²) in [6.45, 7) is 2.57. The number of benzene rings is 1. The third-order valence-corrected chi connectivity index (χ3v) is 1.86. The van der Waals surface area contributed by atoms with Gasteiger partial charge in [-0.25, -0.2) is 4.79 Å². The molecule has 1 aromatic rings. The smallest absolute Gasteiger partial charge is 0.339 e. The lowest BCUT2D eigenvalue weighted by Crippen LogP contribution is -2.26. The second kappa shape index (κ2) is 7.65. The number of aromatic carboxylic acids is 1. The minimum atomic E-state index is -1.12. The molecular weight excluding hydrogens is 246 g/mol. The molecule has 1 rings (SSSR count). The average molecular weight is 260 g/mol. The molecular formula is C11H14ClNO4. The highest BCUT2D eigenvalue weighted by Gasteiger charge is 2.13. The lowest BCUT2D eigenvalue weighted by atomic mass is 10.2. The Morgan fingerprint density at radius 3 is 2.59 bits per heavy atom. The predicted octanol–water partition coefficient (Wildman–Crippen LogP) is 1.32. The van der Waals surface area contributed by atoms with Gasteiger partial charge in [0.2, 0.25) is 0 Å². The van der Waals surface area contributed by atoms with E-state index in [0.717, 1.165) is 0 Å². The van der Waals surface area contributed by atoms with Crippen LogP contribution in [0.4, 0.5) is 0 Å². The standard InChI is InChI=1S/C11H13NO4.ClH/c1-2-12-7-10(13)16-9-6-4-3-5-8(9)11(14)15;/h3-6,12H,2,7H2,1H3,(H,14,15);1H. The van der Waals surface area contributed by atoms with Gasteiger partial charge in [-0.15, -0.1) is 12.4 Å². The minimum Gasteiger partial charge on any atom is -0.478 e. The lowest BCUT2D eigenvalue weighted by molar-refractivity contribution is -0.133. The first kappa shape index (κ1) is 15.4. The molecule has 0 unspecified atom stereocenters. The van der Waals surface area contributed by atoms with E-state index in [4.69, 9.17) is 9.84 Å². The Morgan fingerprint density at radius 2 is 2.00 bits per heavy atom. The predicted molar refractivity (Wildman–Crippen MR) is 64.8 cm³/mol. The summed E-state index contributed by atoms with van der Waals surface area (Å²) >= 11 is 0. The highest BCUT2D eigenvalue weighted by atomic mass is 35.5. The molecule has 0 aromatic heterocycles. The fraction of sp³-hybridized carbons (Fsp3) is 0.273. The maximum atomic E-state index is 11.3. The van der Waals surface area contributed by atoms with Crippen molar-refractivity contribution in [3.05, 3.63) is 29.8 Å². The van der Waals surface area contributed by atoms with E-state index in [9.17, 15) is 9.59 Å². The minimum absolute atomic E-state index is 0. The van der Waals surface area contributed by atoms with Crippen LogP contribution in [0.5, 0.6) is 5.75 Å². The fourth-order valence-corrected chi connectivity index (χ4v) is 1.12. The first-order valence-electron chi connectivity index (χ1n) is 4.89. The van der Waals surface area contributed by atoms with Gasteiger partial charge >= 0.3 is 11.9 Å². The van der Waals surface area contributed by atoms with Gasteiger partial charge in [0.15, 0.2) is 0 Å². The molecule has 6 heteroatoms. The molecule has 0 bridgehead atoms. The molecule has 0 saturated carbocycles. The largest absolute Gasteiger partial charge is 0.478 e. The maximum absolute atomic E-state index is 11.3. The number of para-hydroxylation sites is 1. The van der Waals surface area contributed by atoms with Crippen molar-refractivity contribution in [3.8, 4) is 5.75 Å². The summed E-state index contributed by atoms with van der Waals surface area (Å²) in [6, 6.07) is 6.03. The molecule has 5 nitrogen and oxygen atoms in total. The van der Waals surface area contributed by atoms with Crippen LogP contribution in [0.3, 0.4) is 0 Å². The number of hydrogen-bond donors (Lipinski definition) is 2. The summed E-state index contributed by atoms with van der Waals surface area (Å²) in [6.07, 6.45) is 0. The first-order chi connectivity index (χ1) is 7.65. The van der Waals surface area contributed by atoms with E-state index < -0.39 is 11.9 Å². The Balaban J connectivity index is 0.00000256. The molecule has 0 aliphatic rings. The zero-order valence-electron chi connectivity index (χ0n) is 9.30. The highest BCUT2D eigenvalue weighted by molar-refractivity contribution is 5.92.